The molecule has 3 aromatic rings. The molecule has 2 aromatic carbocycles. The molecule has 2 saturated heterocycles. The van der Waals surface area contributed by atoms with Crippen molar-refractivity contribution in [1.82, 2.24) is 19.8 Å². The Hall–Kier alpha value is -4.44. The van der Waals surface area contributed by atoms with Crippen LogP contribution in [0.3, 0.4) is 0 Å². The number of likely N-dealkylation sites (tertiary alicyclic amines) is 1. The SMILES string of the molecule is C=C(F)C(=O)N1CCN(c2nc(OC[C@@H]3CCCN3C)nc3cc(-c4ccccc4C(F)(F)F)c4c(c23)OCCC4)C[C@@H]1CC#N. The Balaban J connectivity index is 1.51. The lowest BCUT2D eigenvalue weighted by Crippen LogP contribution is -2.55. The molecule has 242 valence electrons. The number of nitrogens with zero attached hydrogens (tertiary/aromatic N) is 6. The van der Waals surface area contributed by atoms with Gasteiger partial charge < -0.3 is 24.2 Å². The number of ether oxygens (including phenoxy) is 2. The molecule has 0 bridgehead atoms. The van der Waals surface area contributed by atoms with Crippen LogP contribution >= 0.6 is 0 Å². The van der Waals surface area contributed by atoms with E-state index in [-0.39, 0.29) is 43.7 Å². The summed E-state index contributed by atoms with van der Waals surface area (Å²) in [6.07, 6.45) is -1.55. The van der Waals surface area contributed by atoms with E-state index in [0.717, 1.165) is 25.5 Å². The average molecular weight is 639 g/mol. The third-order valence-electron chi connectivity index (χ3n) is 9.02. The molecule has 2 fully saturated rings. The summed E-state index contributed by atoms with van der Waals surface area (Å²) in [6, 6.07) is 8.74. The third-order valence-corrected chi connectivity index (χ3v) is 9.02. The van der Waals surface area contributed by atoms with E-state index in [1.807, 2.05) is 11.9 Å². The fourth-order valence-electron chi connectivity index (χ4n) is 6.71. The number of amides is 1. The molecule has 0 unspecified atom stereocenters. The number of fused-ring (bicyclic) bond motifs is 3. The van der Waals surface area contributed by atoms with Crippen LogP contribution in [0.2, 0.25) is 0 Å². The number of aromatic nitrogens is 2. The van der Waals surface area contributed by atoms with Crippen LogP contribution in [0, 0.1) is 11.3 Å². The summed E-state index contributed by atoms with van der Waals surface area (Å²) in [7, 11) is 2.02. The lowest BCUT2D eigenvalue weighted by molar-refractivity contribution is -0.137. The first-order chi connectivity index (χ1) is 22.1. The quantitative estimate of drug-likeness (QED) is 0.247. The number of benzene rings is 2. The molecule has 0 aliphatic carbocycles. The maximum absolute atomic E-state index is 14.2. The molecule has 3 aliphatic rings. The van der Waals surface area contributed by atoms with Gasteiger partial charge in [-0.3, -0.25) is 4.79 Å². The van der Waals surface area contributed by atoms with Crippen molar-refractivity contribution >= 4 is 22.6 Å². The Morgan fingerprint density at radius 3 is 2.67 bits per heavy atom. The lowest BCUT2D eigenvalue weighted by Gasteiger charge is -2.41. The number of alkyl halides is 3. The van der Waals surface area contributed by atoms with Crippen LogP contribution in [0.25, 0.3) is 22.0 Å². The van der Waals surface area contributed by atoms with Gasteiger partial charge >= 0.3 is 12.2 Å². The zero-order valence-corrected chi connectivity index (χ0v) is 25.4. The highest BCUT2D eigenvalue weighted by Crippen LogP contribution is 2.47. The topological polar surface area (TPSA) is 94.8 Å². The first-order valence-electron chi connectivity index (χ1n) is 15.3. The second-order valence-corrected chi connectivity index (χ2v) is 11.9. The van der Waals surface area contributed by atoms with Crippen molar-refractivity contribution in [2.45, 2.75) is 50.4 Å². The number of piperazine rings is 1. The van der Waals surface area contributed by atoms with E-state index in [1.54, 1.807) is 12.1 Å². The summed E-state index contributed by atoms with van der Waals surface area (Å²) in [5, 5.41) is 10.0. The third kappa shape index (κ3) is 6.06. The van der Waals surface area contributed by atoms with Gasteiger partial charge in [0.05, 0.1) is 41.6 Å². The molecule has 4 heterocycles. The molecule has 0 spiro atoms. The van der Waals surface area contributed by atoms with Gasteiger partial charge in [-0.1, -0.05) is 24.8 Å². The number of hydrogen-bond donors (Lipinski definition) is 0. The normalized spacial score (nSPS) is 20.3. The van der Waals surface area contributed by atoms with Gasteiger partial charge in [0.25, 0.3) is 5.91 Å². The molecule has 0 radical (unpaired) electrons. The maximum atomic E-state index is 14.2. The minimum absolute atomic E-state index is 0.0292. The first kappa shape index (κ1) is 31.5. The lowest BCUT2D eigenvalue weighted by atomic mass is 9.89. The van der Waals surface area contributed by atoms with E-state index in [9.17, 15) is 27.6 Å². The smallest absolute Gasteiger partial charge is 0.417 e. The predicted octanol–water partition coefficient (Wildman–Crippen LogP) is 5.53. The number of rotatable bonds is 7. The van der Waals surface area contributed by atoms with Crippen LogP contribution < -0.4 is 14.4 Å². The van der Waals surface area contributed by atoms with Crippen LogP contribution in [0.5, 0.6) is 11.8 Å². The Morgan fingerprint density at radius 2 is 1.96 bits per heavy atom. The van der Waals surface area contributed by atoms with Crippen LogP contribution in [-0.2, 0) is 17.4 Å². The van der Waals surface area contributed by atoms with E-state index in [4.69, 9.17) is 19.4 Å². The number of likely N-dealkylation sites (N-methyl/N-ethyl adjacent to an activating group) is 1. The second-order valence-electron chi connectivity index (χ2n) is 11.9. The monoisotopic (exact) mass is 638 g/mol. The fraction of sp³-hybridized carbons (Fsp3) is 0.455. The molecular weight excluding hydrogens is 604 g/mol. The van der Waals surface area contributed by atoms with Gasteiger partial charge in [0, 0.05) is 31.2 Å². The molecule has 0 saturated carbocycles. The highest BCUT2D eigenvalue weighted by molar-refractivity contribution is 6.00. The predicted molar refractivity (Wildman–Crippen MR) is 163 cm³/mol. The Bertz CT molecular complexity index is 1710. The van der Waals surface area contributed by atoms with Gasteiger partial charge in [-0.15, -0.1) is 0 Å². The number of halogens is 4. The van der Waals surface area contributed by atoms with Crippen molar-refractivity contribution in [3.8, 4) is 29.0 Å². The number of nitriles is 1. The number of hydrogen-bond acceptors (Lipinski definition) is 8. The standard InChI is InChI=1S/C33H34F4N6O3/c1-20(34)31(44)43-15-14-42(18-21(43)11-12-38)30-28-27(39-32(40-30)46-19-22-7-5-13-41(22)2)17-25(24-9-6-16-45-29(24)28)23-8-3-4-10-26(23)33(35,36)37/h3-4,8,10,17,21-22H,1,5-7,9,11,13-16,18-19H2,2H3/t21-,22-/m0/s1. The zero-order valence-electron chi connectivity index (χ0n) is 25.4. The first-order valence-corrected chi connectivity index (χ1v) is 15.3. The minimum Gasteiger partial charge on any atom is -0.492 e. The summed E-state index contributed by atoms with van der Waals surface area (Å²) in [6.45, 7) is 5.25. The van der Waals surface area contributed by atoms with Gasteiger partial charge in [0.1, 0.15) is 18.2 Å². The summed E-state index contributed by atoms with van der Waals surface area (Å²) in [5.41, 5.74) is 0.617. The molecule has 1 amide bonds. The minimum atomic E-state index is -4.58. The Labute approximate surface area is 264 Å². The molecule has 9 nitrogen and oxygen atoms in total. The Morgan fingerprint density at radius 1 is 1.15 bits per heavy atom. The van der Waals surface area contributed by atoms with Gasteiger partial charge in [-0.2, -0.15) is 28.4 Å². The number of carbonyl (C=O) groups is 1. The second kappa shape index (κ2) is 12.7. The average Bonchev–Trinajstić information content (AvgIpc) is 3.46. The van der Waals surface area contributed by atoms with E-state index in [0.29, 0.717) is 59.7 Å². The van der Waals surface area contributed by atoms with E-state index < -0.39 is 29.5 Å². The van der Waals surface area contributed by atoms with Crippen LogP contribution in [0.1, 0.15) is 36.8 Å². The van der Waals surface area contributed by atoms with Crippen molar-refractivity contribution in [3.63, 3.8) is 0 Å². The van der Waals surface area contributed by atoms with Gasteiger partial charge in [0.2, 0.25) is 0 Å². The molecule has 3 aliphatic heterocycles. The van der Waals surface area contributed by atoms with Crippen molar-refractivity contribution in [2.75, 3.05) is 51.3 Å². The number of carbonyl (C=O) groups excluding carboxylic acids is 1. The van der Waals surface area contributed by atoms with Crippen molar-refractivity contribution < 1.29 is 31.8 Å². The Kier molecular flexibility index (Phi) is 8.74. The summed E-state index contributed by atoms with van der Waals surface area (Å²) in [5.74, 6) is -1.15. The largest absolute Gasteiger partial charge is 0.492 e. The summed E-state index contributed by atoms with van der Waals surface area (Å²) < 4.78 is 68.8. The number of anilines is 1. The van der Waals surface area contributed by atoms with Crippen molar-refractivity contribution in [3.05, 3.63) is 53.9 Å². The van der Waals surface area contributed by atoms with Gasteiger partial charge in [0.15, 0.2) is 5.83 Å². The van der Waals surface area contributed by atoms with E-state index in [1.165, 1.54) is 17.0 Å². The van der Waals surface area contributed by atoms with Gasteiger partial charge in [-0.05, 0) is 62.5 Å². The van der Waals surface area contributed by atoms with Crippen LogP contribution in [-0.4, -0.2) is 84.2 Å². The molecule has 1 aromatic heterocycles. The van der Waals surface area contributed by atoms with Crippen LogP contribution in [0.4, 0.5) is 23.4 Å². The molecule has 46 heavy (non-hydrogen) atoms. The molecule has 2 atom stereocenters. The van der Waals surface area contributed by atoms with Gasteiger partial charge in [-0.25, -0.2) is 4.39 Å². The summed E-state index contributed by atoms with van der Waals surface area (Å²) >= 11 is 0. The van der Waals surface area contributed by atoms with Crippen molar-refractivity contribution in [2.24, 2.45) is 0 Å². The molecular formula is C33H34F4N6O3. The molecule has 0 N–H and O–H groups in total. The highest BCUT2D eigenvalue weighted by Gasteiger charge is 2.37. The van der Waals surface area contributed by atoms with Crippen LogP contribution in [0.15, 0.2) is 42.7 Å². The summed E-state index contributed by atoms with van der Waals surface area (Å²) in [4.78, 5) is 27.5. The molecule has 13 heteroatoms. The highest BCUT2D eigenvalue weighted by atomic mass is 19.4. The van der Waals surface area contributed by atoms with E-state index in [2.05, 4.69) is 17.5 Å². The fourth-order valence-corrected chi connectivity index (χ4v) is 6.71. The van der Waals surface area contributed by atoms with E-state index >= 15 is 0 Å². The zero-order chi connectivity index (χ0) is 32.6. The molecule has 6 rings (SSSR count). The van der Waals surface area contributed by atoms with Crippen molar-refractivity contribution in [1.29, 1.82) is 5.26 Å². The maximum Gasteiger partial charge on any atom is 0.417 e.